The van der Waals surface area contributed by atoms with Crippen molar-refractivity contribution in [3.63, 3.8) is 0 Å². The predicted molar refractivity (Wildman–Crippen MR) is 68.4 cm³/mol. The number of hydrogen-bond acceptors (Lipinski definition) is 2. The molecule has 0 amide bonds. The molecule has 0 spiro atoms. The molecule has 0 saturated heterocycles. The number of nitrogens with one attached hydrogen (secondary N) is 1. The Hall–Kier alpha value is -1.13. The molecule has 0 radical (unpaired) electrons. The molecule has 17 heavy (non-hydrogen) atoms. The van der Waals surface area contributed by atoms with Crippen LogP contribution in [0.25, 0.3) is 0 Å². The molecule has 1 aromatic heterocycles. The monoisotopic (exact) mass is 297 g/mol. The Balaban J connectivity index is 2.42. The molecule has 1 atom stereocenters. The van der Waals surface area contributed by atoms with Crippen LogP contribution in [-0.4, -0.2) is 7.05 Å². The van der Waals surface area contributed by atoms with E-state index in [2.05, 4.69) is 21.2 Å². The van der Waals surface area contributed by atoms with Gasteiger partial charge in [-0.25, -0.2) is 4.39 Å². The minimum atomic E-state index is -0.258. The van der Waals surface area contributed by atoms with Crippen molar-refractivity contribution in [2.75, 3.05) is 7.05 Å². The number of halogens is 2. The van der Waals surface area contributed by atoms with Crippen molar-refractivity contribution in [2.24, 2.45) is 0 Å². The van der Waals surface area contributed by atoms with Crippen LogP contribution in [0.2, 0.25) is 0 Å². The Morgan fingerprint density at radius 3 is 2.59 bits per heavy atom. The lowest BCUT2D eigenvalue weighted by atomic mass is 10.0. The summed E-state index contributed by atoms with van der Waals surface area (Å²) in [6.07, 6.45) is 0. The van der Waals surface area contributed by atoms with Crippen LogP contribution in [0.15, 0.2) is 39.2 Å². The zero-order valence-electron chi connectivity index (χ0n) is 9.63. The van der Waals surface area contributed by atoms with Gasteiger partial charge >= 0.3 is 0 Å². The van der Waals surface area contributed by atoms with Crippen LogP contribution in [0.1, 0.15) is 23.1 Å². The highest BCUT2D eigenvalue weighted by Gasteiger charge is 2.18. The third kappa shape index (κ3) is 2.58. The van der Waals surface area contributed by atoms with Crippen molar-refractivity contribution in [1.82, 2.24) is 5.32 Å². The number of benzene rings is 1. The van der Waals surface area contributed by atoms with Gasteiger partial charge in [0.1, 0.15) is 17.3 Å². The second-order valence-electron chi connectivity index (χ2n) is 3.84. The molecule has 0 aliphatic heterocycles. The zero-order chi connectivity index (χ0) is 12.4. The third-order valence-electron chi connectivity index (χ3n) is 2.61. The maximum atomic E-state index is 13.0. The average Bonchev–Trinajstić information content (AvgIpc) is 2.69. The molecule has 1 N–H and O–H groups in total. The first-order valence-electron chi connectivity index (χ1n) is 5.30. The summed E-state index contributed by atoms with van der Waals surface area (Å²) >= 11 is 3.37. The van der Waals surface area contributed by atoms with E-state index in [9.17, 15) is 4.39 Å². The lowest BCUT2D eigenvalue weighted by Gasteiger charge is -2.15. The Kier molecular flexibility index (Phi) is 3.64. The number of furan rings is 1. The van der Waals surface area contributed by atoms with Crippen LogP contribution in [0.4, 0.5) is 4.39 Å². The first kappa shape index (κ1) is 12.3. The van der Waals surface area contributed by atoms with Gasteiger partial charge in [0.15, 0.2) is 0 Å². The molecule has 1 heterocycles. The Bertz CT molecular complexity index is 524. The van der Waals surface area contributed by atoms with E-state index in [1.165, 1.54) is 12.1 Å². The molecular formula is C13H13BrFNO. The van der Waals surface area contributed by atoms with E-state index >= 15 is 0 Å². The lowest BCUT2D eigenvalue weighted by molar-refractivity contribution is 0.443. The topological polar surface area (TPSA) is 25.2 Å². The maximum Gasteiger partial charge on any atom is 0.125 e. The van der Waals surface area contributed by atoms with Gasteiger partial charge in [-0.3, -0.25) is 0 Å². The molecule has 2 aromatic rings. The summed E-state index contributed by atoms with van der Waals surface area (Å²) in [5.74, 6) is 1.42. The Morgan fingerprint density at radius 2 is 2.06 bits per heavy atom. The van der Waals surface area contributed by atoms with Crippen LogP contribution >= 0.6 is 15.9 Å². The summed E-state index contributed by atoms with van der Waals surface area (Å²) in [5.41, 5.74) is 0.947. The van der Waals surface area contributed by atoms with Crippen molar-refractivity contribution in [3.8, 4) is 0 Å². The SMILES string of the molecule is CNC(c1ccc(C)o1)c1ccc(F)cc1Br. The fourth-order valence-electron chi connectivity index (χ4n) is 1.80. The molecule has 0 fully saturated rings. The van der Waals surface area contributed by atoms with E-state index in [-0.39, 0.29) is 11.9 Å². The van der Waals surface area contributed by atoms with Crippen molar-refractivity contribution >= 4 is 15.9 Å². The van der Waals surface area contributed by atoms with Crippen LogP contribution < -0.4 is 5.32 Å². The molecule has 0 saturated carbocycles. The van der Waals surface area contributed by atoms with Crippen molar-refractivity contribution in [3.05, 3.63) is 57.7 Å². The number of hydrogen-bond donors (Lipinski definition) is 1. The second-order valence-corrected chi connectivity index (χ2v) is 4.69. The van der Waals surface area contributed by atoms with Gasteiger partial charge in [0, 0.05) is 4.47 Å². The van der Waals surface area contributed by atoms with Gasteiger partial charge < -0.3 is 9.73 Å². The zero-order valence-corrected chi connectivity index (χ0v) is 11.2. The number of aryl methyl sites for hydroxylation is 1. The molecule has 1 unspecified atom stereocenters. The highest BCUT2D eigenvalue weighted by Crippen LogP contribution is 2.29. The lowest BCUT2D eigenvalue weighted by Crippen LogP contribution is -2.17. The van der Waals surface area contributed by atoms with Crippen molar-refractivity contribution < 1.29 is 8.81 Å². The highest BCUT2D eigenvalue weighted by atomic mass is 79.9. The first-order chi connectivity index (χ1) is 8.11. The fourth-order valence-corrected chi connectivity index (χ4v) is 2.37. The van der Waals surface area contributed by atoms with Gasteiger partial charge in [-0.05, 0) is 43.8 Å². The van der Waals surface area contributed by atoms with E-state index in [1.807, 2.05) is 26.1 Å². The summed E-state index contributed by atoms with van der Waals surface area (Å²) in [6.45, 7) is 1.90. The summed E-state index contributed by atoms with van der Waals surface area (Å²) in [6, 6.07) is 8.40. The van der Waals surface area contributed by atoms with Gasteiger partial charge in [0.05, 0.1) is 6.04 Å². The molecule has 90 valence electrons. The van der Waals surface area contributed by atoms with Crippen molar-refractivity contribution in [2.45, 2.75) is 13.0 Å². The molecule has 2 rings (SSSR count). The van der Waals surface area contributed by atoms with Gasteiger partial charge in [-0.2, -0.15) is 0 Å². The van der Waals surface area contributed by atoms with Gasteiger partial charge in [0.2, 0.25) is 0 Å². The fraction of sp³-hybridized carbons (Fsp3) is 0.231. The summed E-state index contributed by atoms with van der Waals surface area (Å²) in [7, 11) is 1.85. The minimum Gasteiger partial charge on any atom is -0.464 e. The first-order valence-corrected chi connectivity index (χ1v) is 6.09. The summed E-state index contributed by atoms with van der Waals surface area (Å²) < 4.78 is 19.4. The van der Waals surface area contributed by atoms with E-state index in [1.54, 1.807) is 6.07 Å². The van der Waals surface area contributed by atoms with E-state index in [0.717, 1.165) is 21.6 Å². The van der Waals surface area contributed by atoms with Gasteiger partial charge in [-0.1, -0.05) is 22.0 Å². The molecular weight excluding hydrogens is 285 g/mol. The maximum absolute atomic E-state index is 13.0. The Morgan fingerprint density at radius 1 is 1.29 bits per heavy atom. The Labute approximate surface area is 108 Å². The van der Waals surface area contributed by atoms with Gasteiger partial charge in [0.25, 0.3) is 0 Å². The summed E-state index contributed by atoms with van der Waals surface area (Å²) in [5, 5.41) is 3.16. The standard InChI is InChI=1S/C13H13BrFNO/c1-8-3-6-12(17-8)13(16-2)10-5-4-9(15)7-11(10)14/h3-7,13,16H,1-2H3. The quantitative estimate of drug-likeness (QED) is 0.932. The van der Waals surface area contributed by atoms with Crippen LogP contribution in [0.3, 0.4) is 0 Å². The van der Waals surface area contributed by atoms with Crippen LogP contribution in [0.5, 0.6) is 0 Å². The molecule has 0 aliphatic carbocycles. The van der Waals surface area contributed by atoms with Crippen LogP contribution in [-0.2, 0) is 0 Å². The molecule has 0 aliphatic rings. The van der Waals surface area contributed by atoms with Gasteiger partial charge in [-0.15, -0.1) is 0 Å². The van der Waals surface area contributed by atoms with E-state index in [4.69, 9.17) is 4.42 Å². The average molecular weight is 298 g/mol. The number of rotatable bonds is 3. The van der Waals surface area contributed by atoms with E-state index in [0.29, 0.717) is 0 Å². The smallest absolute Gasteiger partial charge is 0.125 e. The van der Waals surface area contributed by atoms with Crippen molar-refractivity contribution in [1.29, 1.82) is 0 Å². The molecule has 1 aromatic carbocycles. The molecule has 4 heteroatoms. The molecule has 2 nitrogen and oxygen atoms in total. The van der Waals surface area contributed by atoms with Crippen LogP contribution in [0, 0.1) is 12.7 Å². The highest BCUT2D eigenvalue weighted by molar-refractivity contribution is 9.10. The summed E-state index contributed by atoms with van der Waals surface area (Å²) in [4.78, 5) is 0. The molecule has 0 bridgehead atoms. The van der Waals surface area contributed by atoms with E-state index < -0.39 is 0 Å². The minimum absolute atomic E-state index is 0.0846. The largest absolute Gasteiger partial charge is 0.464 e. The third-order valence-corrected chi connectivity index (χ3v) is 3.29. The predicted octanol–water partition coefficient (Wildman–Crippen LogP) is 3.80. The second kappa shape index (κ2) is 5.02. The normalized spacial score (nSPS) is 12.7.